The summed E-state index contributed by atoms with van der Waals surface area (Å²) < 4.78 is 40.7. The number of carboxylic acid groups (broad SMARTS) is 1. The van der Waals surface area contributed by atoms with Crippen molar-refractivity contribution in [2.24, 2.45) is 5.73 Å². The largest absolute Gasteiger partial charge is 0.476 e. The fraction of sp³-hybridized carbons (Fsp3) is 0.0769. The Kier molecular flexibility index (Phi) is 5.52. The third kappa shape index (κ3) is 4.52. The number of anilines is 2. The van der Waals surface area contributed by atoms with Gasteiger partial charge >= 0.3 is 5.97 Å². The highest BCUT2D eigenvalue weighted by Gasteiger charge is 2.22. The van der Waals surface area contributed by atoms with Crippen molar-refractivity contribution in [1.82, 2.24) is 4.98 Å². The van der Waals surface area contributed by atoms with Gasteiger partial charge in [-0.3, -0.25) is 14.9 Å². The predicted octanol–water partition coefficient (Wildman–Crippen LogP) is 1.05. The Hall–Kier alpha value is -3.06. The molecule has 1 aromatic carbocycles. The van der Waals surface area contributed by atoms with E-state index in [1.165, 1.54) is 0 Å². The van der Waals surface area contributed by atoms with E-state index in [0.29, 0.717) is 6.07 Å². The highest BCUT2D eigenvalue weighted by molar-refractivity contribution is 7.93. The van der Waals surface area contributed by atoms with Gasteiger partial charge in [0.15, 0.2) is 5.69 Å². The van der Waals surface area contributed by atoms with Crippen LogP contribution >= 0.6 is 11.3 Å². The van der Waals surface area contributed by atoms with Crippen LogP contribution in [0, 0.1) is 11.2 Å². The van der Waals surface area contributed by atoms with E-state index in [1.54, 1.807) is 0 Å². The van der Waals surface area contributed by atoms with Gasteiger partial charge in [-0.25, -0.2) is 22.6 Å². The molecule has 0 spiro atoms. The van der Waals surface area contributed by atoms with Crippen molar-refractivity contribution in [1.29, 1.82) is 5.41 Å². The number of hydrogen-bond donors (Lipinski definition) is 5. The lowest BCUT2D eigenvalue weighted by Crippen LogP contribution is -2.21. The number of carbonyl (C=O) groups excluding carboxylic acids is 1. The average Bonchev–Trinajstić information content (AvgIpc) is 2.96. The molecular formula is C13H12FN5O5S2. The zero-order valence-corrected chi connectivity index (χ0v) is 14.4. The van der Waals surface area contributed by atoms with Crippen LogP contribution in [0.4, 0.5) is 15.1 Å². The zero-order valence-electron chi connectivity index (χ0n) is 12.8. The van der Waals surface area contributed by atoms with Crippen molar-refractivity contribution in [3.8, 4) is 0 Å². The van der Waals surface area contributed by atoms with Crippen LogP contribution in [0.15, 0.2) is 28.6 Å². The number of aromatic nitrogens is 1. The summed E-state index contributed by atoms with van der Waals surface area (Å²) in [5, 5.41) is 17.9. The number of benzene rings is 1. The standard InChI is InChI=1S/C13H12FN5O5S2/c14-7-3-6(1-2-8(7)18-10(20)4-9(15)16)26(23,24)19-12-11(13(21)22)17-5-25-12/h1-3,5,19H,4H2,(H3,15,16)(H,18,20)(H,21,22). The van der Waals surface area contributed by atoms with E-state index >= 15 is 0 Å². The van der Waals surface area contributed by atoms with Gasteiger partial charge in [0, 0.05) is 0 Å². The highest BCUT2D eigenvalue weighted by Crippen LogP contribution is 2.25. The molecule has 1 amide bonds. The summed E-state index contributed by atoms with van der Waals surface area (Å²) in [6.45, 7) is 0. The molecule has 138 valence electrons. The van der Waals surface area contributed by atoms with Crippen LogP contribution < -0.4 is 15.8 Å². The maximum absolute atomic E-state index is 14.1. The number of thiazole rings is 1. The predicted molar refractivity (Wildman–Crippen MR) is 91.4 cm³/mol. The Bertz CT molecular complexity index is 989. The van der Waals surface area contributed by atoms with Crippen molar-refractivity contribution < 1.29 is 27.5 Å². The number of amidine groups is 1. The molecule has 1 heterocycles. The molecule has 0 unspecified atom stereocenters. The van der Waals surface area contributed by atoms with Crippen molar-refractivity contribution in [3.05, 3.63) is 35.2 Å². The summed E-state index contributed by atoms with van der Waals surface area (Å²) in [6.07, 6.45) is -0.440. The maximum atomic E-state index is 14.1. The second kappa shape index (κ2) is 7.45. The molecule has 0 aliphatic rings. The SMILES string of the molecule is N=C(N)CC(=O)Nc1ccc(S(=O)(=O)Nc2scnc2C(=O)O)cc1F. The number of halogens is 1. The second-order valence-corrected chi connectivity index (χ2v) is 7.37. The topological polar surface area (TPSA) is 175 Å². The first-order valence-corrected chi connectivity index (χ1v) is 9.08. The lowest BCUT2D eigenvalue weighted by molar-refractivity contribution is -0.115. The first kappa shape index (κ1) is 19.3. The number of sulfonamides is 1. The summed E-state index contributed by atoms with van der Waals surface area (Å²) in [4.78, 5) is 25.5. The van der Waals surface area contributed by atoms with Crippen LogP contribution in [0.5, 0.6) is 0 Å². The molecule has 0 fully saturated rings. The molecule has 0 aliphatic carbocycles. The summed E-state index contributed by atoms with van der Waals surface area (Å²) in [6, 6.07) is 2.70. The first-order valence-electron chi connectivity index (χ1n) is 6.72. The smallest absolute Gasteiger partial charge is 0.357 e. The minimum Gasteiger partial charge on any atom is -0.476 e. The van der Waals surface area contributed by atoms with E-state index in [2.05, 4.69) is 10.3 Å². The van der Waals surface area contributed by atoms with Crippen LogP contribution in [0.25, 0.3) is 0 Å². The number of hydrogen-bond acceptors (Lipinski definition) is 7. The van der Waals surface area contributed by atoms with Crippen molar-refractivity contribution in [2.75, 3.05) is 10.0 Å². The van der Waals surface area contributed by atoms with Crippen LogP contribution in [0.2, 0.25) is 0 Å². The fourth-order valence-electron chi connectivity index (χ4n) is 1.78. The number of nitrogens with zero attached hydrogens (tertiary/aromatic N) is 1. The molecule has 2 rings (SSSR count). The monoisotopic (exact) mass is 401 g/mol. The third-order valence-electron chi connectivity index (χ3n) is 2.87. The molecule has 0 atom stereocenters. The van der Waals surface area contributed by atoms with Crippen molar-refractivity contribution >= 4 is 49.8 Å². The lowest BCUT2D eigenvalue weighted by Gasteiger charge is -2.10. The molecule has 0 aliphatic heterocycles. The minimum atomic E-state index is -4.28. The molecule has 26 heavy (non-hydrogen) atoms. The van der Waals surface area contributed by atoms with E-state index in [4.69, 9.17) is 16.2 Å². The average molecular weight is 401 g/mol. The van der Waals surface area contributed by atoms with Crippen LogP contribution in [-0.4, -0.2) is 36.2 Å². The van der Waals surface area contributed by atoms with E-state index in [-0.39, 0.29) is 10.7 Å². The molecule has 0 saturated heterocycles. The number of rotatable bonds is 7. The summed E-state index contributed by atoms with van der Waals surface area (Å²) in [5.41, 5.74) is 5.44. The van der Waals surface area contributed by atoms with E-state index < -0.39 is 50.6 Å². The van der Waals surface area contributed by atoms with Crippen molar-refractivity contribution in [2.45, 2.75) is 11.3 Å². The number of aromatic carboxylic acids is 1. The molecular weight excluding hydrogens is 389 g/mol. The van der Waals surface area contributed by atoms with Gasteiger partial charge in [-0.2, -0.15) is 0 Å². The summed E-state index contributed by atoms with van der Waals surface area (Å²) in [5.74, 6) is -3.60. The molecule has 13 heteroatoms. The van der Waals surface area contributed by atoms with Gasteiger partial charge in [-0.15, -0.1) is 11.3 Å². The van der Waals surface area contributed by atoms with Crippen molar-refractivity contribution in [3.63, 3.8) is 0 Å². The van der Waals surface area contributed by atoms with Gasteiger partial charge in [0.1, 0.15) is 16.7 Å². The molecule has 2 aromatic rings. The van der Waals surface area contributed by atoms with Crippen LogP contribution in [0.3, 0.4) is 0 Å². The number of carbonyl (C=O) groups is 2. The minimum absolute atomic E-state index is 0.225. The first-order chi connectivity index (χ1) is 12.1. The molecule has 10 nitrogen and oxygen atoms in total. The van der Waals surface area contributed by atoms with Crippen LogP contribution in [-0.2, 0) is 14.8 Å². The Labute approximate surface area is 150 Å². The second-order valence-electron chi connectivity index (χ2n) is 4.83. The van der Waals surface area contributed by atoms with Crippen LogP contribution in [0.1, 0.15) is 16.9 Å². The highest BCUT2D eigenvalue weighted by atomic mass is 32.2. The van der Waals surface area contributed by atoms with Gasteiger partial charge in [-0.05, 0) is 18.2 Å². The normalized spacial score (nSPS) is 11.0. The van der Waals surface area contributed by atoms with Gasteiger partial charge in [0.2, 0.25) is 5.91 Å². The third-order valence-corrected chi connectivity index (χ3v) is 5.09. The number of carboxylic acids is 1. The lowest BCUT2D eigenvalue weighted by atomic mass is 10.3. The molecule has 0 saturated carbocycles. The summed E-state index contributed by atoms with van der Waals surface area (Å²) >= 11 is 0.756. The van der Waals surface area contributed by atoms with Gasteiger partial charge in [-0.1, -0.05) is 0 Å². The Morgan fingerprint density at radius 1 is 1.38 bits per heavy atom. The van der Waals surface area contributed by atoms with Gasteiger partial charge < -0.3 is 16.2 Å². The number of nitrogens with one attached hydrogen (secondary N) is 3. The quantitative estimate of drug-likeness (QED) is 0.340. The van der Waals surface area contributed by atoms with E-state index in [9.17, 15) is 22.4 Å². The van der Waals surface area contributed by atoms with Gasteiger partial charge in [0.05, 0.1) is 22.5 Å². The number of nitrogens with two attached hydrogens (primary N) is 1. The Morgan fingerprint density at radius 3 is 2.65 bits per heavy atom. The number of amides is 1. The molecule has 0 radical (unpaired) electrons. The van der Waals surface area contributed by atoms with E-state index in [1.807, 2.05) is 4.72 Å². The summed E-state index contributed by atoms with van der Waals surface area (Å²) in [7, 11) is -4.28. The van der Waals surface area contributed by atoms with E-state index in [0.717, 1.165) is 29.0 Å². The van der Waals surface area contributed by atoms with Gasteiger partial charge in [0.25, 0.3) is 10.0 Å². The maximum Gasteiger partial charge on any atom is 0.357 e. The molecule has 1 aromatic heterocycles. The molecule has 0 bridgehead atoms. The Morgan fingerprint density at radius 2 is 2.08 bits per heavy atom. The molecule has 6 N–H and O–H groups in total. The zero-order chi connectivity index (χ0) is 19.5. The Balaban J connectivity index is 2.24. The fourth-order valence-corrected chi connectivity index (χ4v) is 3.78.